The van der Waals surface area contributed by atoms with Crippen molar-refractivity contribution in [3.8, 4) is 11.5 Å². The summed E-state index contributed by atoms with van der Waals surface area (Å²) >= 11 is 0. The number of aromatic nitrogens is 2. The summed E-state index contributed by atoms with van der Waals surface area (Å²) in [6.07, 6.45) is 4.12. The molecule has 1 saturated carbocycles. The lowest BCUT2D eigenvalue weighted by atomic mass is 10.1. The standard InChI is InChI=1S/C16H18F2N2O4/c17-15(18)24-13-4-3-11(7-14(13)23-9-10-1-2-10)12(21)8-20-6-5-19-16(20)22/h3-7,10,12,15,21H,1-2,8-9H2,(H,19,22). The Morgan fingerprint density at radius 1 is 1.33 bits per heavy atom. The largest absolute Gasteiger partial charge is 0.489 e. The van der Waals surface area contributed by atoms with E-state index in [1.807, 2.05) is 0 Å². The van der Waals surface area contributed by atoms with Gasteiger partial charge in [0.05, 0.1) is 19.3 Å². The van der Waals surface area contributed by atoms with Crippen molar-refractivity contribution in [2.24, 2.45) is 5.92 Å². The molecule has 0 bridgehead atoms. The second-order valence-corrected chi connectivity index (χ2v) is 5.77. The van der Waals surface area contributed by atoms with Gasteiger partial charge in [-0.2, -0.15) is 8.78 Å². The maximum atomic E-state index is 12.5. The third-order valence-electron chi connectivity index (χ3n) is 3.83. The van der Waals surface area contributed by atoms with E-state index >= 15 is 0 Å². The minimum atomic E-state index is -2.96. The van der Waals surface area contributed by atoms with Crippen LogP contribution in [-0.4, -0.2) is 27.9 Å². The van der Waals surface area contributed by atoms with Gasteiger partial charge in [-0.25, -0.2) is 4.79 Å². The maximum Gasteiger partial charge on any atom is 0.387 e. The van der Waals surface area contributed by atoms with E-state index in [9.17, 15) is 18.7 Å². The molecule has 0 amide bonds. The number of rotatable bonds is 8. The van der Waals surface area contributed by atoms with E-state index in [4.69, 9.17) is 4.74 Å². The van der Waals surface area contributed by atoms with Crippen molar-refractivity contribution in [2.45, 2.75) is 32.1 Å². The van der Waals surface area contributed by atoms with Gasteiger partial charge >= 0.3 is 12.3 Å². The molecule has 1 aromatic heterocycles. The number of alkyl halides is 2. The van der Waals surface area contributed by atoms with Gasteiger partial charge in [0.2, 0.25) is 0 Å². The third kappa shape index (κ3) is 4.14. The predicted molar refractivity (Wildman–Crippen MR) is 81.3 cm³/mol. The van der Waals surface area contributed by atoms with E-state index < -0.39 is 12.7 Å². The number of aliphatic hydroxyl groups excluding tert-OH is 1. The first-order valence-electron chi connectivity index (χ1n) is 7.66. The Hall–Kier alpha value is -2.35. The molecule has 0 aliphatic heterocycles. The van der Waals surface area contributed by atoms with Gasteiger partial charge in [0.25, 0.3) is 0 Å². The van der Waals surface area contributed by atoms with E-state index in [0.717, 1.165) is 12.8 Å². The first-order valence-corrected chi connectivity index (χ1v) is 7.66. The SMILES string of the molecule is O=c1[nH]ccn1CC(O)c1ccc(OC(F)F)c(OCC2CC2)c1. The van der Waals surface area contributed by atoms with Crippen molar-refractivity contribution in [2.75, 3.05) is 6.61 Å². The summed E-state index contributed by atoms with van der Waals surface area (Å²) in [4.78, 5) is 14.0. The summed E-state index contributed by atoms with van der Waals surface area (Å²) in [5, 5.41) is 10.3. The first-order chi connectivity index (χ1) is 11.5. The first kappa shape index (κ1) is 16.5. The van der Waals surface area contributed by atoms with Crippen LogP contribution in [0.4, 0.5) is 8.78 Å². The van der Waals surface area contributed by atoms with Gasteiger partial charge in [0.1, 0.15) is 0 Å². The van der Waals surface area contributed by atoms with E-state index in [0.29, 0.717) is 18.1 Å². The smallest absolute Gasteiger partial charge is 0.387 e. The zero-order valence-corrected chi connectivity index (χ0v) is 12.8. The number of nitrogens with one attached hydrogen (secondary N) is 1. The molecule has 1 aliphatic rings. The highest BCUT2D eigenvalue weighted by Crippen LogP contribution is 2.35. The van der Waals surface area contributed by atoms with Crippen LogP contribution in [0.25, 0.3) is 0 Å². The average Bonchev–Trinajstić information content (AvgIpc) is 3.29. The Morgan fingerprint density at radius 3 is 2.75 bits per heavy atom. The van der Waals surface area contributed by atoms with Crippen LogP contribution in [0.2, 0.25) is 0 Å². The molecule has 0 radical (unpaired) electrons. The maximum absolute atomic E-state index is 12.5. The molecule has 3 rings (SSSR count). The topological polar surface area (TPSA) is 76.5 Å². The van der Waals surface area contributed by atoms with Gasteiger partial charge in [-0.3, -0.25) is 4.57 Å². The number of H-pyrrole nitrogens is 1. The van der Waals surface area contributed by atoms with Crippen molar-refractivity contribution in [3.05, 3.63) is 46.6 Å². The predicted octanol–water partition coefficient (Wildman–Crippen LogP) is 2.30. The van der Waals surface area contributed by atoms with Crippen LogP contribution in [0, 0.1) is 5.92 Å². The molecule has 1 heterocycles. The van der Waals surface area contributed by atoms with E-state index in [-0.39, 0.29) is 23.7 Å². The highest BCUT2D eigenvalue weighted by molar-refractivity contribution is 5.43. The fourth-order valence-electron chi connectivity index (χ4n) is 2.31. The lowest BCUT2D eigenvalue weighted by Crippen LogP contribution is -2.20. The van der Waals surface area contributed by atoms with Crippen LogP contribution in [0.5, 0.6) is 11.5 Å². The van der Waals surface area contributed by atoms with Crippen LogP contribution in [0.3, 0.4) is 0 Å². The Bertz CT molecular complexity index is 740. The molecule has 1 fully saturated rings. The summed E-state index contributed by atoms with van der Waals surface area (Å²) in [7, 11) is 0. The molecule has 1 aromatic carbocycles. The fourth-order valence-corrected chi connectivity index (χ4v) is 2.31. The normalized spacial score (nSPS) is 15.5. The average molecular weight is 340 g/mol. The summed E-state index contributed by atoms with van der Waals surface area (Å²) in [6.45, 7) is -2.49. The number of hydrogen-bond acceptors (Lipinski definition) is 4. The quantitative estimate of drug-likeness (QED) is 0.773. The van der Waals surface area contributed by atoms with Gasteiger partial charge < -0.3 is 19.6 Å². The summed E-state index contributed by atoms with van der Waals surface area (Å²) < 4.78 is 36.3. The second-order valence-electron chi connectivity index (χ2n) is 5.77. The Labute approximate surface area is 136 Å². The second kappa shape index (κ2) is 7.04. The Balaban J connectivity index is 1.77. The van der Waals surface area contributed by atoms with Crippen LogP contribution in [-0.2, 0) is 6.54 Å². The molecule has 0 spiro atoms. The monoisotopic (exact) mass is 340 g/mol. The molecule has 1 aliphatic carbocycles. The third-order valence-corrected chi connectivity index (χ3v) is 3.83. The van der Waals surface area contributed by atoms with Crippen molar-refractivity contribution >= 4 is 0 Å². The Morgan fingerprint density at radius 2 is 2.12 bits per heavy atom. The number of aliphatic hydroxyl groups is 1. The molecule has 24 heavy (non-hydrogen) atoms. The van der Waals surface area contributed by atoms with Crippen LogP contribution >= 0.6 is 0 Å². The van der Waals surface area contributed by atoms with Crippen LogP contribution < -0.4 is 15.2 Å². The molecule has 2 aromatic rings. The minimum Gasteiger partial charge on any atom is -0.489 e. The lowest BCUT2D eigenvalue weighted by molar-refractivity contribution is -0.0515. The van der Waals surface area contributed by atoms with E-state index in [2.05, 4.69) is 9.72 Å². The summed E-state index contributed by atoms with van der Waals surface area (Å²) in [6, 6.07) is 4.29. The molecular formula is C16H18F2N2O4. The number of nitrogens with zero attached hydrogens (tertiary/aromatic N) is 1. The van der Waals surface area contributed by atoms with Crippen LogP contribution in [0.15, 0.2) is 35.4 Å². The van der Waals surface area contributed by atoms with Gasteiger partial charge in [-0.05, 0) is 36.5 Å². The molecular weight excluding hydrogens is 322 g/mol. The molecule has 8 heteroatoms. The number of hydrogen-bond donors (Lipinski definition) is 2. The highest BCUT2D eigenvalue weighted by Gasteiger charge is 2.23. The van der Waals surface area contributed by atoms with Gasteiger partial charge in [-0.15, -0.1) is 0 Å². The number of ether oxygens (including phenoxy) is 2. The molecule has 0 saturated heterocycles. The van der Waals surface area contributed by atoms with Gasteiger partial charge in [0, 0.05) is 12.4 Å². The summed E-state index contributed by atoms with van der Waals surface area (Å²) in [5.41, 5.74) is 0.118. The zero-order chi connectivity index (χ0) is 17.1. The lowest BCUT2D eigenvalue weighted by Gasteiger charge is -2.16. The van der Waals surface area contributed by atoms with E-state index in [1.165, 1.54) is 35.2 Å². The van der Waals surface area contributed by atoms with Crippen LogP contribution in [0.1, 0.15) is 24.5 Å². The number of aromatic amines is 1. The summed E-state index contributed by atoms with van der Waals surface area (Å²) in [5.74, 6) is 0.539. The number of benzene rings is 1. The van der Waals surface area contributed by atoms with Gasteiger partial charge in [-0.1, -0.05) is 6.07 Å². The molecule has 130 valence electrons. The molecule has 1 atom stereocenters. The Kier molecular flexibility index (Phi) is 4.84. The highest BCUT2D eigenvalue weighted by atomic mass is 19.3. The fraction of sp³-hybridized carbons (Fsp3) is 0.438. The van der Waals surface area contributed by atoms with Gasteiger partial charge in [0.15, 0.2) is 11.5 Å². The minimum absolute atomic E-state index is 0.0411. The molecule has 6 nitrogen and oxygen atoms in total. The molecule has 1 unspecified atom stereocenters. The molecule has 2 N–H and O–H groups in total. The van der Waals surface area contributed by atoms with Crippen molar-refractivity contribution < 1.29 is 23.4 Å². The van der Waals surface area contributed by atoms with Crippen molar-refractivity contribution in [1.29, 1.82) is 0 Å². The van der Waals surface area contributed by atoms with Crippen molar-refractivity contribution in [3.63, 3.8) is 0 Å². The van der Waals surface area contributed by atoms with E-state index in [1.54, 1.807) is 0 Å². The van der Waals surface area contributed by atoms with Crippen molar-refractivity contribution in [1.82, 2.24) is 9.55 Å². The number of imidazole rings is 1. The number of halogens is 2. The zero-order valence-electron chi connectivity index (χ0n) is 12.8.